The third-order valence-electron chi connectivity index (χ3n) is 4.18. The number of anilines is 1. The maximum Gasteiger partial charge on any atom is 0.270 e. The van der Waals surface area contributed by atoms with E-state index in [0.717, 1.165) is 0 Å². The van der Waals surface area contributed by atoms with E-state index in [0.29, 0.717) is 34.7 Å². The number of amides is 1. The van der Waals surface area contributed by atoms with Gasteiger partial charge in [-0.15, -0.1) is 0 Å². The molecule has 0 aromatic heterocycles. The number of carbonyl (C=O) groups excluding carboxylic acids is 1. The van der Waals surface area contributed by atoms with Crippen LogP contribution >= 0.6 is 0 Å². The second-order valence-electron chi connectivity index (χ2n) is 6.36. The molecule has 0 saturated heterocycles. The van der Waals surface area contributed by atoms with Crippen LogP contribution in [0.4, 0.5) is 11.4 Å². The van der Waals surface area contributed by atoms with Crippen molar-refractivity contribution in [1.82, 2.24) is 0 Å². The first-order chi connectivity index (χ1) is 14.6. The number of nitrogens with zero attached hydrogens (tertiary/aromatic N) is 1. The molecule has 0 heterocycles. The van der Waals surface area contributed by atoms with Crippen LogP contribution in [-0.2, 0) is 4.79 Å². The van der Waals surface area contributed by atoms with Crippen LogP contribution in [-0.4, -0.2) is 17.4 Å². The first-order valence-corrected chi connectivity index (χ1v) is 9.23. The van der Waals surface area contributed by atoms with Gasteiger partial charge < -0.3 is 10.1 Å². The van der Waals surface area contributed by atoms with Crippen LogP contribution in [0.5, 0.6) is 5.75 Å². The average molecular weight is 400 g/mol. The Morgan fingerprint density at radius 1 is 1.03 bits per heavy atom. The van der Waals surface area contributed by atoms with Crippen molar-refractivity contribution in [2.75, 3.05) is 11.9 Å². The van der Waals surface area contributed by atoms with E-state index in [2.05, 4.69) is 11.9 Å². The third-order valence-corrected chi connectivity index (χ3v) is 4.18. The summed E-state index contributed by atoms with van der Waals surface area (Å²) in [5.41, 5.74) is 2.17. The molecule has 30 heavy (non-hydrogen) atoms. The molecular formula is C24H20N2O4. The minimum absolute atomic E-state index is 0.0383. The fourth-order valence-electron chi connectivity index (χ4n) is 2.81. The molecule has 1 N–H and O–H groups in total. The summed E-state index contributed by atoms with van der Waals surface area (Å²) >= 11 is 0. The van der Waals surface area contributed by atoms with Gasteiger partial charge in [-0.3, -0.25) is 14.9 Å². The molecule has 3 rings (SSSR count). The third kappa shape index (κ3) is 5.42. The van der Waals surface area contributed by atoms with E-state index >= 15 is 0 Å². The number of nitro benzene ring substituents is 1. The number of hydrogen-bond donors (Lipinski definition) is 1. The van der Waals surface area contributed by atoms with Gasteiger partial charge in [0, 0.05) is 29.5 Å². The zero-order valence-electron chi connectivity index (χ0n) is 16.2. The summed E-state index contributed by atoms with van der Waals surface area (Å²) < 4.78 is 5.51. The van der Waals surface area contributed by atoms with Gasteiger partial charge in [-0.1, -0.05) is 61.2 Å². The molecule has 0 fully saturated rings. The van der Waals surface area contributed by atoms with Crippen molar-refractivity contribution in [2.24, 2.45) is 0 Å². The molecule has 0 unspecified atom stereocenters. The molecule has 3 aromatic carbocycles. The highest BCUT2D eigenvalue weighted by molar-refractivity contribution is 6.29. The predicted molar refractivity (Wildman–Crippen MR) is 118 cm³/mol. The highest BCUT2D eigenvalue weighted by atomic mass is 16.6. The molecule has 0 aliphatic heterocycles. The number of rotatable bonds is 8. The fraction of sp³-hybridized carbons (Fsp3) is 0.0417. The number of benzene rings is 3. The zero-order chi connectivity index (χ0) is 21.3. The Bertz CT molecular complexity index is 1090. The topological polar surface area (TPSA) is 81.5 Å². The Kier molecular flexibility index (Phi) is 6.74. The van der Waals surface area contributed by atoms with Gasteiger partial charge in [0.2, 0.25) is 0 Å². The van der Waals surface area contributed by atoms with Gasteiger partial charge >= 0.3 is 0 Å². The lowest BCUT2D eigenvalue weighted by atomic mass is 10.0. The quantitative estimate of drug-likeness (QED) is 0.182. The molecule has 0 atom stereocenters. The Morgan fingerprint density at radius 3 is 2.53 bits per heavy atom. The number of hydrogen-bond acceptors (Lipinski definition) is 4. The SMILES string of the molecule is C=CCOc1cccc(NC(=O)/C(=C/c2cccc([N+](=O)[O-])c2)c2ccccc2)c1. The van der Waals surface area contributed by atoms with Crippen LogP contribution < -0.4 is 10.1 Å². The lowest BCUT2D eigenvalue weighted by molar-refractivity contribution is -0.384. The maximum absolute atomic E-state index is 13.1. The predicted octanol–water partition coefficient (Wildman–Crippen LogP) is 5.34. The van der Waals surface area contributed by atoms with Crippen molar-refractivity contribution in [3.63, 3.8) is 0 Å². The Morgan fingerprint density at radius 2 is 1.80 bits per heavy atom. The molecule has 0 saturated carbocycles. The van der Waals surface area contributed by atoms with Gasteiger partial charge in [-0.25, -0.2) is 0 Å². The molecular weight excluding hydrogens is 380 g/mol. The van der Waals surface area contributed by atoms with E-state index < -0.39 is 4.92 Å². The Labute approximate surface area is 174 Å². The highest BCUT2D eigenvalue weighted by Crippen LogP contribution is 2.24. The van der Waals surface area contributed by atoms with E-state index in [-0.39, 0.29) is 11.6 Å². The lowest BCUT2D eigenvalue weighted by Gasteiger charge is -2.11. The first kappa shape index (κ1) is 20.5. The van der Waals surface area contributed by atoms with E-state index in [9.17, 15) is 14.9 Å². The van der Waals surface area contributed by atoms with E-state index in [1.165, 1.54) is 12.1 Å². The fourth-order valence-corrected chi connectivity index (χ4v) is 2.81. The minimum Gasteiger partial charge on any atom is -0.489 e. The maximum atomic E-state index is 13.1. The van der Waals surface area contributed by atoms with Crippen molar-refractivity contribution in [3.05, 3.63) is 113 Å². The van der Waals surface area contributed by atoms with Gasteiger partial charge in [0.05, 0.1) is 4.92 Å². The van der Waals surface area contributed by atoms with Crippen molar-refractivity contribution < 1.29 is 14.5 Å². The number of nitro groups is 1. The normalized spacial score (nSPS) is 10.9. The van der Waals surface area contributed by atoms with E-state index in [4.69, 9.17) is 4.74 Å². The van der Waals surface area contributed by atoms with Gasteiger partial charge in [0.25, 0.3) is 11.6 Å². The molecule has 0 aliphatic rings. The second-order valence-corrected chi connectivity index (χ2v) is 6.36. The van der Waals surface area contributed by atoms with Gasteiger partial charge in [-0.05, 0) is 29.3 Å². The molecule has 3 aromatic rings. The van der Waals surface area contributed by atoms with Crippen LogP contribution in [0.3, 0.4) is 0 Å². The number of ether oxygens (including phenoxy) is 1. The van der Waals surface area contributed by atoms with Crippen LogP contribution in [0.1, 0.15) is 11.1 Å². The molecule has 0 radical (unpaired) electrons. The van der Waals surface area contributed by atoms with E-state index in [1.807, 2.05) is 30.3 Å². The minimum atomic E-state index is -0.464. The Hall–Kier alpha value is -4.19. The summed E-state index contributed by atoms with van der Waals surface area (Å²) in [7, 11) is 0. The average Bonchev–Trinajstić information content (AvgIpc) is 2.77. The standard InChI is InChI=1S/C24H20N2O4/c1-2-14-30-22-13-7-11-20(17-22)25-24(27)23(19-9-4-3-5-10-19)16-18-8-6-12-21(15-18)26(28)29/h2-13,15-17H,1,14H2,(H,25,27)/b23-16+. The number of nitrogens with one attached hydrogen (secondary N) is 1. The molecule has 150 valence electrons. The van der Waals surface area contributed by atoms with Crippen molar-refractivity contribution in [3.8, 4) is 5.75 Å². The van der Waals surface area contributed by atoms with Gasteiger partial charge in [0.1, 0.15) is 12.4 Å². The summed E-state index contributed by atoms with van der Waals surface area (Å²) in [5.74, 6) is 0.269. The lowest BCUT2D eigenvalue weighted by Crippen LogP contribution is -2.13. The summed E-state index contributed by atoms with van der Waals surface area (Å²) in [4.78, 5) is 23.7. The molecule has 0 aliphatic carbocycles. The monoisotopic (exact) mass is 400 g/mol. The molecule has 1 amide bonds. The second kappa shape index (κ2) is 9.84. The summed E-state index contributed by atoms with van der Waals surface area (Å²) in [6.07, 6.45) is 3.27. The summed E-state index contributed by atoms with van der Waals surface area (Å²) in [5, 5.41) is 13.9. The van der Waals surface area contributed by atoms with E-state index in [1.54, 1.807) is 48.6 Å². The summed E-state index contributed by atoms with van der Waals surface area (Å²) in [6.45, 7) is 3.98. The van der Waals surface area contributed by atoms with Crippen molar-refractivity contribution >= 4 is 28.9 Å². The molecule has 0 spiro atoms. The van der Waals surface area contributed by atoms with Crippen molar-refractivity contribution in [1.29, 1.82) is 0 Å². The molecule has 0 bridgehead atoms. The number of non-ortho nitro benzene ring substituents is 1. The zero-order valence-corrected chi connectivity index (χ0v) is 16.2. The molecule has 6 heteroatoms. The van der Waals surface area contributed by atoms with Crippen LogP contribution in [0.2, 0.25) is 0 Å². The van der Waals surface area contributed by atoms with Crippen LogP contribution in [0, 0.1) is 10.1 Å². The van der Waals surface area contributed by atoms with Crippen LogP contribution in [0.15, 0.2) is 91.5 Å². The number of carbonyl (C=O) groups is 1. The van der Waals surface area contributed by atoms with Gasteiger partial charge in [-0.2, -0.15) is 0 Å². The Balaban J connectivity index is 1.93. The first-order valence-electron chi connectivity index (χ1n) is 9.23. The molecule has 6 nitrogen and oxygen atoms in total. The summed E-state index contributed by atoms with van der Waals surface area (Å²) in [6, 6.07) is 22.3. The smallest absolute Gasteiger partial charge is 0.270 e. The largest absolute Gasteiger partial charge is 0.489 e. The van der Waals surface area contributed by atoms with Crippen molar-refractivity contribution in [2.45, 2.75) is 0 Å². The van der Waals surface area contributed by atoms with Crippen LogP contribution in [0.25, 0.3) is 11.6 Å². The van der Waals surface area contributed by atoms with Gasteiger partial charge in [0.15, 0.2) is 0 Å². The highest BCUT2D eigenvalue weighted by Gasteiger charge is 2.14.